The van der Waals surface area contributed by atoms with E-state index in [0.717, 1.165) is 30.2 Å². The van der Waals surface area contributed by atoms with E-state index in [2.05, 4.69) is 29.7 Å². The molecule has 1 heterocycles. The van der Waals surface area contributed by atoms with Crippen LogP contribution < -0.4 is 0 Å². The number of hydrogen-bond donors (Lipinski definition) is 0. The molecule has 2 nitrogen and oxygen atoms in total. The van der Waals surface area contributed by atoms with Gasteiger partial charge in [0.15, 0.2) is 0 Å². The molecule has 1 aromatic heterocycles. The lowest BCUT2D eigenvalue weighted by atomic mass is 10.0. The molecule has 108 valence electrons. The predicted octanol–water partition coefficient (Wildman–Crippen LogP) is 4.71. The summed E-state index contributed by atoms with van der Waals surface area (Å²) in [4.78, 5) is 4.77. The number of nitrogens with zero attached hydrogens (tertiary/aromatic N) is 2. The highest BCUT2D eigenvalue weighted by molar-refractivity contribution is 6.17. The summed E-state index contributed by atoms with van der Waals surface area (Å²) in [6.45, 7) is 3.24. The van der Waals surface area contributed by atoms with Crippen LogP contribution in [0.5, 0.6) is 0 Å². The van der Waals surface area contributed by atoms with Crippen molar-refractivity contribution in [3.8, 4) is 0 Å². The van der Waals surface area contributed by atoms with Crippen molar-refractivity contribution in [1.29, 1.82) is 0 Å². The van der Waals surface area contributed by atoms with E-state index in [0.29, 0.717) is 5.88 Å². The Morgan fingerprint density at radius 2 is 2.10 bits per heavy atom. The van der Waals surface area contributed by atoms with E-state index in [1.54, 1.807) is 0 Å². The van der Waals surface area contributed by atoms with Gasteiger partial charge in [-0.1, -0.05) is 31.7 Å². The Labute approximate surface area is 126 Å². The minimum absolute atomic E-state index is 0.645. The van der Waals surface area contributed by atoms with Gasteiger partial charge in [-0.05, 0) is 37.0 Å². The van der Waals surface area contributed by atoms with Crippen molar-refractivity contribution in [1.82, 2.24) is 9.55 Å². The molecule has 3 heteroatoms. The van der Waals surface area contributed by atoms with Crippen molar-refractivity contribution in [3.63, 3.8) is 0 Å². The summed E-state index contributed by atoms with van der Waals surface area (Å²) >= 11 is 5.94. The number of benzene rings is 1. The van der Waals surface area contributed by atoms with E-state index in [-0.39, 0.29) is 0 Å². The Morgan fingerprint density at radius 1 is 1.30 bits per heavy atom. The smallest absolute Gasteiger partial charge is 0.111 e. The molecule has 1 aromatic carbocycles. The number of hydrogen-bond acceptors (Lipinski definition) is 1. The highest BCUT2D eigenvalue weighted by Crippen LogP contribution is 2.29. The van der Waals surface area contributed by atoms with Gasteiger partial charge in [0.25, 0.3) is 0 Å². The monoisotopic (exact) mass is 290 g/mol. The van der Waals surface area contributed by atoms with E-state index >= 15 is 0 Å². The van der Waals surface area contributed by atoms with Crippen molar-refractivity contribution in [2.24, 2.45) is 5.92 Å². The summed E-state index contributed by atoms with van der Waals surface area (Å²) in [7, 11) is 0. The molecule has 0 amide bonds. The average Bonchev–Trinajstić information content (AvgIpc) is 3.04. The van der Waals surface area contributed by atoms with E-state index in [9.17, 15) is 0 Å². The quantitative estimate of drug-likeness (QED) is 0.730. The predicted molar refractivity (Wildman–Crippen MR) is 85.5 cm³/mol. The lowest BCUT2D eigenvalue weighted by Gasteiger charge is -2.12. The van der Waals surface area contributed by atoms with Gasteiger partial charge in [0.2, 0.25) is 0 Å². The third-order valence-electron chi connectivity index (χ3n) is 4.54. The highest BCUT2D eigenvalue weighted by Gasteiger charge is 2.17. The fourth-order valence-corrected chi connectivity index (χ4v) is 3.59. The van der Waals surface area contributed by atoms with E-state index in [1.165, 1.54) is 43.2 Å². The van der Waals surface area contributed by atoms with Crippen LogP contribution in [0.4, 0.5) is 0 Å². The molecule has 1 saturated carbocycles. The van der Waals surface area contributed by atoms with Crippen LogP contribution in [0.15, 0.2) is 18.2 Å². The maximum atomic E-state index is 5.94. The molecule has 2 aromatic rings. The molecular formula is C17H23ClN2. The Hall–Kier alpha value is -1.02. The van der Waals surface area contributed by atoms with E-state index < -0.39 is 0 Å². The summed E-state index contributed by atoms with van der Waals surface area (Å²) in [5.74, 6) is 2.71. The van der Waals surface area contributed by atoms with Crippen molar-refractivity contribution in [3.05, 3.63) is 29.6 Å². The summed E-state index contributed by atoms with van der Waals surface area (Å²) in [6.07, 6.45) is 7.81. The van der Waals surface area contributed by atoms with Gasteiger partial charge >= 0.3 is 0 Å². The number of imidazole rings is 1. The van der Waals surface area contributed by atoms with Crippen LogP contribution in [0, 0.1) is 12.8 Å². The Kier molecular flexibility index (Phi) is 4.30. The van der Waals surface area contributed by atoms with Crippen LogP contribution in [-0.2, 0) is 13.0 Å². The fraction of sp³-hybridized carbons (Fsp3) is 0.588. The molecule has 0 spiro atoms. The van der Waals surface area contributed by atoms with E-state index in [1.807, 2.05) is 0 Å². The number of fused-ring (bicyclic) bond motifs is 1. The molecule has 3 rings (SSSR count). The summed E-state index contributed by atoms with van der Waals surface area (Å²) in [5.41, 5.74) is 3.70. The SMILES string of the molecule is Cc1ccc2nc(CCCl)n(CCC3CCCC3)c2c1. The van der Waals surface area contributed by atoms with Gasteiger partial charge < -0.3 is 4.57 Å². The Morgan fingerprint density at radius 3 is 2.85 bits per heavy atom. The van der Waals surface area contributed by atoms with Crippen LogP contribution in [0.2, 0.25) is 0 Å². The lowest BCUT2D eigenvalue weighted by molar-refractivity contribution is 0.457. The first-order valence-corrected chi connectivity index (χ1v) is 8.33. The summed E-state index contributed by atoms with van der Waals surface area (Å²) in [6, 6.07) is 6.53. The van der Waals surface area contributed by atoms with Crippen molar-refractivity contribution < 1.29 is 0 Å². The van der Waals surface area contributed by atoms with Crippen LogP contribution in [0.25, 0.3) is 11.0 Å². The van der Waals surface area contributed by atoms with Crippen LogP contribution in [0.3, 0.4) is 0 Å². The lowest BCUT2D eigenvalue weighted by Crippen LogP contribution is -2.08. The van der Waals surface area contributed by atoms with Gasteiger partial charge in [-0.15, -0.1) is 11.6 Å². The largest absolute Gasteiger partial charge is 0.328 e. The number of halogens is 1. The molecule has 0 atom stereocenters. The molecule has 0 bridgehead atoms. The first-order valence-electron chi connectivity index (χ1n) is 7.79. The van der Waals surface area contributed by atoms with Gasteiger partial charge in [-0.2, -0.15) is 0 Å². The molecule has 0 radical (unpaired) electrons. The van der Waals surface area contributed by atoms with Crippen LogP contribution in [0.1, 0.15) is 43.5 Å². The first-order chi connectivity index (χ1) is 9.78. The zero-order valence-electron chi connectivity index (χ0n) is 12.2. The number of alkyl halides is 1. The normalized spacial score (nSPS) is 16.3. The molecule has 0 aliphatic heterocycles. The van der Waals surface area contributed by atoms with Crippen LogP contribution in [-0.4, -0.2) is 15.4 Å². The Bertz CT molecular complexity index is 582. The molecule has 0 saturated heterocycles. The zero-order chi connectivity index (χ0) is 13.9. The highest BCUT2D eigenvalue weighted by atomic mass is 35.5. The van der Waals surface area contributed by atoms with Gasteiger partial charge in [0, 0.05) is 18.8 Å². The molecule has 0 N–H and O–H groups in total. The molecule has 0 unspecified atom stereocenters. The van der Waals surface area contributed by atoms with Gasteiger partial charge in [0.1, 0.15) is 5.82 Å². The topological polar surface area (TPSA) is 17.8 Å². The maximum absolute atomic E-state index is 5.94. The van der Waals surface area contributed by atoms with Gasteiger partial charge in [0.05, 0.1) is 11.0 Å². The first kappa shape index (κ1) is 13.9. The fourth-order valence-electron chi connectivity index (χ4n) is 3.42. The van der Waals surface area contributed by atoms with E-state index in [4.69, 9.17) is 16.6 Å². The second-order valence-electron chi connectivity index (χ2n) is 6.05. The third-order valence-corrected chi connectivity index (χ3v) is 4.73. The molecule has 1 fully saturated rings. The Balaban J connectivity index is 1.88. The summed E-state index contributed by atoms with van der Waals surface area (Å²) in [5, 5.41) is 0. The maximum Gasteiger partial charge on any atom is 0.111 e. The molecule has 20 heavy (non-hydrogen) atoms. The zero-order valence-corrected chi connectivity index (χ0v) is 13.0. The van der Waals surface area contributed by atoms with Crippen LogP contribution >= 0.6 is 11.6 Å². The molecule has 1 aliphatic carbocycles. The van der Waals surface area contributed by atoms with Crippen molar-refractivity contribution in [2.45, 2.75) is 52.0 Å². The number of rotatable bonds is 5. The number of aryl methyl sites for hydroxylation is 3. The third kappa shape index (κ3) is 2.85. The standard InChI is InChI=1S/C17H23ClN2/c1-13-6-7-15-16(12-13)20(17(19-15)8-10-18)11-9-14-4-2-3-5-14/h6-7,12,14H,2-5,8-11H2,1H3. The minimum atomic E-state index is 0.645. The van der Waals surface area contributed by atoms with Gasteiger partial charge in [-0.3, -0.25) is 0 Å². The van der Waals surface area contributed by atoms with Crippen molar-refractivity contribution in [2.75, 3.05) is 5.88 Å². The molecule has 1 aliphatic rings. The second kappa shape index (κ2) is 6.17. The minimum Gasteiger partial charge on any atom is -0.328 e. The average molecular weight is 291 g/mol. The summed E-state index contributed by atoms with van der Waals surface area (Å²) < 4.78 is 2.41. The number of aromatic nitrogens is 2. The second-order valence-corrected chi connectivity index (χ2v) is 6.43. The van der Waals surface area contributed by atoms with Crippen molar-refractivity contribution >= 4 is 22.6 Å². The molecular weight excluding hydrogens is 268 g/mol. The van der Waals surface area contributed by atoms with Gasteiger partial charge in [-0.25, -0.2) is 4.98 Å².